The second-order valence-corrected chi connectivity index (χ2v) is 7.46. The van der Waals surface area contributed by atoms with Crippen LogP contribution in [0.15, 0.2) is 29.2 Å². The number of anilines is 1. The number of nitrogens with one attached hydrogen (secondary N) is 1. The second-order valence-electron chi connectivity index (χ2n) is 6.53. The van der Waals surface area contributed by atoms with Crippen molar-refractivity contribution in [1.29, 1.82) is 0 Å². The van der Waals surface area contributed by atoms with Crippen LogP contribution in [0.5, 0.6) is 11.5 Å². The molecule has 0 saturated carbocycles. The Morgan fingerprint density at radius 3 is 2.73 bits per heavy atom. The molecule has 3 heterocycles. The van der Waals surface area contributed by atoms with Crippen LogP contribution < -0.4 is 25.2 Å². The summed E-state index contributed by atoms with van der Waals surface area (Å²) >= 11 is 1.31. The lowest BCUT2D eigenvalue weighted by molar-refractivity contribution is 0.0948. The predicted molar refractivity (Wildman–Crippen MR) is 111 cm³/mol. The van der Waals surface area contributed by atoms with Gasteiger partial charge in [-0.1, -0.05) is 17.4 Å². The molecule has 11 heteroatoms. The van der Waals surface area contributed by atoms with Crippen LogP contribution in [0.2, 0.25) is 0 Å². The zero-order valence-corrected chi connectivity index (χ0v) is 17.4. The molecule has 0 radical (unpaired) electrons. The number of rotatable bonds is 6. The minimum atomic E-state index is -0.516. The Kier molecular flexibility index (Phi) is 5.81. The van der Waals surface area contributed by atoms with E-state index < -0.39 is 11.5 Å². The molecule has 1 aliphatic rings. The zero-order chi connectivity index (χ0) is 21.1. The van der Waals surface area contributed by atoms with E-state index in [1.165, 1.54) is 22.0 Å². The number of benzene rings is 1. The number of hydrogen-bond acceptors (Lipinski definition) is 9. The molecule has 0 unspecified atom stereocenters. The number of carbonyl (C=O) groups excluding carboxylic acids is 1. The zero-order valence-electron chi connectivity index (χ0n) is 16.6. The van der Waals surface area contributed by atoms with Gasteiger partial charge in [0.1, 0.15) is 5.56 Å². The summed E-state index contributed by atoms with van der Waals surface area (Å²) in [5.74, 6) is 0.642. The summed E-state index contributed by atoms with van der Waals surface area (Å²) < 4.78 is 17.0. The molecule has 4 rings (SSSR count). The average Bonchev–Trinajstić information content (AvgIpc) is 3.23. The van der Waals surface area contributed by atoms with Crippen molar-refractivity contribution in [2.45, 2.75) is 6.54 Å². The van der Waals surface area contributed by atoms with Gasteiger partial charge < -0.3 is 24.4 Å². The van der Waals surface area contributed by atoms with Gasteiger partial charge in [-0.2, -0.15) is 4.52 Å². The van der Waals surface area contributed by atoms with E-state index >= 15 is 0 Å². The SMILES string of the molecule is COc1ccc(CNC(=O)c2cnc3sc(N4CCOCC4)nn3c2=O)cc1OC. The number of methoxy groups -OCH3 is 2. The predicted octanol–water partition coefficient (Wildman–Crippen LogP) is 0.935. The third kappa shape index (κ3) is 3.94. The summed E-state index contributed by atoms with van der Waals surface area (Å²) in [6.07, 6.45) is 1.29. The number of ether oxygens (including phenoxy) is 3. The summed E-state index contributed by atoms with van der Waals surface area (Å²) in [6, 6.07) is 5.33. The lowest BCUT2D eigenvalue weighted by atomic mass is 10.2. The number of amides is 1. The van der Waals surface area contributed by atoms with E-state index in [0.29, 0.717) is 47.9 Å². The maximum atomic E-state index is 12.8. The fourth-order valence-corrected chi connectivity index (χ4v) is 4.00. The molecule has 1 N–H and O–H groups in total. The minimum Gasteiger partial charge on any atom is -0.493 e. The van der Waals surface area contributed by atoms with Gasteiger partial charge in [0.25, 0.3) is 11.5 Å². The summed E-state index contributed by atoms with van der Waals surface area (Å²) in [5, 5.41) is 7.78. The molecule has 0 aliphatic carbocycles. The molecule has 1 aliphatic heterocycles. The molecular formula is C19H21N5O5S. The van der Waals surface area contributed by atoms with E-state index in [2.05, 4.69) is 15.4 Å². The molecule has 1 saturated heterocycles. The number of carbonyl (C=O) groups is 1. The van der Waals surface area contributed by atoms with Crippen LogP contribution in [0.4, 0.5) is 5.13 Å². The Hall–Kier alpha value is -3.18. The van der Waals surface area contributed by atoms with Gasteiger partial charge in [0, 0.05) is 25.8 Å². The minimum absolute atomic E-state index is 0.0631. The molecule has 0 bridgehead atoms. The highest BCUT2D eigenvalue weighted by Crippen LogP contribution is 2.27. The smallest absolute Gasteiger partial charge is 0.288 e. The Balaban J connectivity index is 1.52. The summed E-state index contributed by atoms with van der Waals surface area (Å²) in [6.45, 7) is 2.85. The first-order valence-corrected chi connectivity index (χ1v) is 10.1. The molecule has 30 heavy (non-hydrogen) atoms. The molecule has 0 atom stereocenters. The lowest BCUT2D eigenvalue weighted by Gasteiger charge is -2.25. The van der Waals surface area contributed by atoms with Crippen LogP contribution in [0.1, 0.15) is 15.9 Å². The van der Waals surface area contributed by atoms with E-state index in [0.717, 1.165) is 5.56 Å². The van der Waals surface area contributed by atoms with Gasteiger partial charge in [0.2, 0.25) is 10.1 Å². The van der Waals surface area contributed by atoms with Gasteiger partial charge in [-0.3, -0.25) is 9.59 Å². The van der Waals surface area contributed by atoms with Gasteiger partial charge in [0.05, 0.1) is 27.4 Å². The number of aromatic nitrogens is 3. The van der Waals surface area contributed by atoms with Crippen LogP contribution in [0, 0.1) is 0 Å². The van der Waals surface area contributed by atoms with Gasteiger partial charge in [-0.05, 0) is 17.7 Å². The summed E-state index contributed by atoms with van der Waals surface area (Å²) in [7, 11) is 3.10. The van der Waals surface area contributed by atoms with Crippen LogP contribution in [-0.4, -0.2) is 61.0 Å². The number of morpholine rings is 1. The lowest BCUT2D eigenvalue weighted by Crippen LogP contribution is -2.36. The van der Waals surface area contributed by atoms with Crippen molar-refractivity contribution >= 4 is 27.3 Å². The first kappa shape index (κ1) is 20.1. The van der Waals surface area contributed by atoms with Crippen molar-refractivity contribution in [2.75, 3.05) is 45.4 Å². The molecule has 1 aromatic carbocycles. The topological polar surface area (TPSA) is 107 Å². The van der Waals surface area contributed by atoms with Crippen LogP contribution in [0.25, 0.3) is 4.96 Å². The molecule has 10 nitrogen and oxygen atoms in total. The van der Waals surface area contributed by atoms with Crippen molar-refractivity contribution in [1.82, 2.24) is 19.9 Å². The Labute approximate surface area is 176 Å². The average molecular weight is 431 g/mol. The third-order valence-electron chi connectivity index (χ3n) is 4.70. The Morgan fingerprint density at radius 1 is 1.23 bits per heavy atom. The monoisotopic (exact) mass is 431 g/mol. The van der Waals surface area contributed by atoms with Gasteiger partial charge in [0.15, 0.2) is 11.5 Å². The maximum Gasteiger partial charge on any atom is 0.288 e. The first-order chi connectivity index (χ1) is 14.6. The molecule has 3 aromatic rings. The van der Waals surface area contributed by atoms with Crippen LogP contribution in [-0.2, 0) is 11.3 Å². The molecular weight excluding hydrogens is 410 g/mol. The van der Waals surface area contributed by atoms with Crippen LogP contribution in [0.3, 0.4) is 0 Å². The van der Waals surface area contributed by atoms with Crippen molar-refractivity contribution in [3.8, 4) is 11.5 Å². The number of hydrogen-bond donors (Lipinski definition) is 1. The first-order valence-electron chi connectivity index (χ1n) is 9.31. The third-order valence-corrected chi connectivity index (χ3v) is 5.69. The fourth-order valence-electron chi connectivity index (χ4n) is 3.08. The van der Waals surface area contributed by atoms with Gasteiger partial charge >= 0.3 is 0 Å². The molecule has 158 valence electrons. The normalized spacial score (nSPS) is 14.0. The van der Waals surface area contributed by atoms with Crippen LogP contribution >= 0.6 is 11.3 Å². The Bertz CT molecular complexity index is 1120. The molecule has 0 spiro atoms. The summed E-state index contributed by atoms with van der Waals surface area (Å²) in [4.78, 5) is 32.1. The van der Waals surface area contributed by atoms with Gasteiger partial charge in [-0.15, -0.1) is 5.10 Å². The molecule has 2 aromatic heterocycles. The van der Waals surface area contributed by atoms with Gasteiger partial charge in [-0.25, -0.2) is 4.98 Å². The van der Waals surface area contributed by atoms with Crippen molar-refractivity contribution in [2.24, 2.45) is 0 Å². The highest BCUT2D eigenvalue weighted by atomic mass is 32.1. The van der Waals surface area contributed by atoms with Crippen molar-refractivity contribution in [3.63, 3.8) is 0 Å². The van der Waals surface area contributed by atoms with E-state index in [9.17, 15) is 9.59 Å². The van der Waals surface area contributed by atoms with E-state index in [1.54, 1.807) is 26.4 Å². The maximum absolute atomic E-state index is 12.8. The number of nitrogens with zero attached hydrogens (tertiary/aromatic N) is 4. The fraction of sp³-hybridized carbons (Fsp3) is 0.368. The van der Waals surface area contributed by atoms with E-state index in [4.69, 9.17) is 14.2 Å². The van der Waals surface area contributed by atoms with E-state index in [-0.39, 0.29) is 12.1 Å². The standard InChI is InChI=1S/C19H21N5O5S/c1-27-14-4-3-12(9-15(14)28-2)10-20-16(25)13-11-21-18-24(17(13)26)22-19(30-18)23-5-7-29-8-6-23/h3-4,9,11H,5-8,10H2,1-2H3,(H,20,25). The van der Waals surface area contributed by atoms with Crippen molar-refractivity contribution in [3.05, 3.63) is 45.9 Å². The molecule has 1 fully saturated rings. The quantitative estimate of drug-likeness (QED) is 0.614. The highest BCUT2D eigenvalue weighted by molar-refractivity contribution is 7.20. The highest BCUT2D eigenvalue weighted by Gasteiger charge is 2.20. The van der Waals surface area contributed by atoms with Crippen molar-refractivity contribution < 1.29 is 19.0 Å². The largest absolute Gasteiger partial charge is 0.493 e. The Morgan fingerprint density at radius 2 is 2.00 bits per heavy atom. The molecule has 1 amide bonds. The van der Waals surface area contributed by atoms with E-state index in [1.807, 2.05) is 11.0 Å². The summed E-state index contributed by atoms with van der Waals surface area (Å²) in [5.41, 5.74) is 0.241. The second kappa shape index (κ2) is 8.67. The number of fused-ring (bicyclic) bond motifs is 1.